The minimum Gasteiger partial charge on any atom is -0.318 e. The van der Waals surface area contributed by atoms with Gasteiger partial charge in [0.1, 0.15) is 5.82 Å². The molecule has 0 radical (unpaired) electrons. The fourth-order valence-corrected chi connectivity index (χ4v) is 4.51. The van der Waals surface area contributed by atoms with Gasteiger partial charge >= 0.3 is 0 Å². The van der Waals surface area contributed by atoms with Crippen LogP contribution in [0.2, 0.25) is 0 Å². The normalized spacial score (nSPS) is 12.7. The summed E-state index contributed by atoms with van der Waals surface area (Å²) < 4.78 is 41.5. The number of benzene rings is 2. The van der Waals surface area contributed by atoms with Crippen molar-refractivity contribution in [2.75, 3.05) is 13.6 Å². The van der Waals surface area contributed by atoms with E-state index in [4.69, 9.17) is 0 Å². The number of fused-ring (bicyclic) bond motifs is 1. The van der Waals surface area contributed by atoms with E-state index in [2.05, 4.69) is 10.5 Å². The van der Waals surface area contributed by atoms with Crippen LogP contribution in [0, 0.1) is 5.82 Å². The highest BCUT2D eigenvalue weighted by Gasteiger charge is 2.22. The van der Waals surface area contributed by atoms with E-state index in [1.54, 1.807) is 0 Å². The highest BCUT2D eigenvalue weighted by Crippen LogP contribution is 2.15. The molecule has 7 nitrogen and oxygen atoms in total. The molecule has 0 aliphatic rings. The lowest BCUT2D eigenvalue weighted by Crippen LogP contribution is -2.37. The van der Waals surface area contributed by atoms with E-state index in [0.29, 0.717) is 4.80 Å². The first-order chi connectivity index (χ1) is 12.8. The second-order valence-electron chi connectivity index (χ2n) is 5.77. The molecule has 10 heteroatoms. The number of rotatable bonds is 5. The van der Waals surface area contributed by atoms with Gasteiger partial charge in [-0.2, -0.15) is 4.31 Å². The van der Waals surface area contributed by atoms with Crippen LogP contribution >= 0.6 is 11.3 Å². The molecule has 1 N–H and O–H groups in total. The maximum atomic E-state index is 13.0. The molecule has 0 saturated carbocycles. The fraction of sp³-hybridized carbons (Fsp3) is 0.176. The average Bonchev–Trinajstić information content (AvgIpc) is 2.96. The van der Waals surface area contributed by atoms with Crippen molar-refractivity contribution in [1.82, 2.24) is 14.3 Å². The molecule has 2 aromatic carbocycles. The first-order valence-electron chi connectivity index (χ1n) is 7.88. The average molecular weight is 408 g/mol. The monoisotopic (exact) mass is 408 g/mol. The van der Waals surface area contributed by atoms with Gasteiger partial charge in [0.2, 0.25) is 14.8 Å². The number of amides is 1. The molecule has 0 atom stereocenters. The number of para-hydroxylation sites is 1. The number of carbonyl (C=O) groups excluding carboxylic acids is 1. The summed E-state index contributed by atoms with van der Waals surface area (Å²) >= 11 is 1.40. The number of sulfonamides is 1. The third-order valence-corrected chi connectivity index (χ3v) is 6.81. The maximum absolute atomic E-state index is 13.0. The van der Waals surface area contributed by atoms with E-state index >= 15 is 0 Å². The molecule has 1 amide bonds. The lowest BCUT2D eigenvalue weighted by atomic mass is 10.3. The number of nitrogens with one attached hydrogen (secondary N) is 1. The number of likely N-dealkylation sites (N-methyl/N-ethyl adjacent to an activating group) is 1. The molecular formula is C17H17FN4O3S2. The van der Waals surface area contributed by atoms with E-state index in [1.807, 2.05) is 35.9 Å². The molecule has 0 bridgehead atoms. The predicted molar refractivity (Wildman–Crippen MR) is 101 cm³/mol. The van der Waals surface area contributed by atoms with E-state index in [0.717, 1.165) is 38.8 Å². The number of halogens is 1. The van der Waals surface area contributed by atoms with Crippen LogP contribution in [0.25, 0.3) is 10.2 Å². The molecule has 0 spiro atoms. The molecule has 1 heterocycles. The summed E-state index contributed by atoms with van der Waals surface area (Å²) in [4.78, 5) is 12.6. The second-order valence-corrected chi connectivity index (χ2v) is 8.83. The number of hydrogen-bond donors (Lipinski definition) is 1. The molecule has 0 saturated heterocycles. The molecule has 142 valence electrons. The third kappa shape index (κ3) is 4.07. The zero-order valence-electron chi connectivity index (χ0n) is 14.6. The molecule has 3 aromatic rings. The van der Waals surface area contributed by atoms with Crippen molar-refractivity contribution in [1.29, 1.82) is 0 Å². The molecule has 0 aliphatic carbocycles. The number of aryl methyl sites for hydroxylation is 1. The Morgan fingerprint density at radius 1 is 1.22 bits per heavy atom. The van der Waals surface area contributed by atoms with Gasteiger partial charge in [-0.15, -0.1) is 5.10 Å². The molecule has 1 aromatic heterocycles. The van der Waals surface area contributed by atoms with E-state index < -0.39 is 28.3 Å². The topological polar surface area (TPSA) is 83.8 Å². The predicted octanol–water partition coefficient (Wildman–Crippen LogP) is 1.63. The van der Waals surface area contributed by atoms with Crippen LogP contribution in [-0.2, 0) is 21.9 Å². The Morgan fingerprint density at radius 2 is 1.89 bits per heavy atom. The maximum Gasteiger partial charge on any atom is 0.255 e. The zero-order chi connectivity index (χ0) is 19.6. The lowest BCUT2D eigenvalue weighted by Gasteiger charge is -2.15. The Morgan fingerprint density at radius 3 is 2.56 bits per heavy atom. The van der Waals surface area contributed by atoms with Crippen molar-refractivity contribution < 1.29 is 17.6 Å². The summed E-state index contributed by atoms with van der Waals surface area (Å²) in [6, 6.07) is 12.1. The van der Waals surface area contributed by atoms with Crippen LogP contribution in [-0.4, -0.2) is 36.8 Å². The molecule has 27 heavy (non-hydrogen) atoms. The van der Waals surface area contributed by atoms with Crippen molar-refractivity contribution >= 4 is 37.5 Å². The minimum absolute atomic E-state index is 0.0907. The van der Waals surface area contributed by atoms with Crippen LogP contribution in [0.5, 0.6) is 0 Å². The summed E-state index contributed by atoms with van der Waals surface area (Å²) in [6.45, 7) is -0.419. The standard InChI is InChI=1S/C17H17FN4O3S2/c1-21(27(24,25)13-9-7-12(18)8-10-13)11-16(23)19-20-17-22(2)14-5-3-4-6-15(14)26-17/h3-10H,11H2,1-2H3,(H,19,23)/b20-17-. The number of thiazole rings is 1. The van der Waals surface area contributed by atoms with Crippen molar-refractivity contribution in [3.8, 4) is 0 Å². The van der Waals surface area contributed by atoms with Gasteiger partial charge in [-0.1, -0.05) is 23.5 Å². The van der Waals surface area contributed by atoms with Gasteiger partial charge < -0.3 is 4.57 Å². The van der Waals surface area contributed by atoms with Gasteiger partial charge in [0, 0.05) is 14.1 Å². The SMILES string of the molecule is CN(CC(=O)N/N=c1\sc2ccccc2n1C)S(=O)(=O)c1ccc(F)cc1. The van der Waals surface area contributed by atoms with Gasteiger partial charge in [-0.05, 0) is 36.4 Å². The molecule has 3 rings (SSSR count). The molecular weight excluding hydrogens is 391 g/mol. The quantitative estimate of drug-likeness (QED) is 0.652. The third-order valence-electron chi connectivity index (χ3n) is 3.88. The van der Waals surface area contributed by atoms with Gasteiger partial charge in [0.05, 0.1) is 21.7 Å². The molecule has 0 unspecified atom stereocenters. The van der Waals surface area contributed by atoms with Crippen LogP contribution in [0.1, 0.15) is 0 Å². The Hall–Kier alpha value is -2.56. The van der Waals surface area contributed by atoms with E-state index in [-0.39, 0.29) is 4.90 Å². The van der Waals surface area contributed by atoms with Gasteiger partial charge in [0.25, 0.3) is 5.91 Å². The largest absolute Gasteiger partial charge is 0.318 e. The highest BCUT2D eigenvalue weighted by atomic mass is 32.2. The first-order valence-corrected chi connectivity index (χ1v) is 10.1. The summed E-state index contributed by atoms with van der Waals surface area (Å²) in [6.07, 6.45) is 0. The Bertz CT molecular complexity index is 1150. The van der Waals surface area contributed by atoms with Crippen molar-refractivity contribution in [2.24, 2.45) is 12.1 Å². The summed E-state index contributed by atoms with van der Waals surface area (Å²) in [5.41, 5.74) is 3.35. The van der Waals surface area contributed by atoms with Crippen LogP contribution in [0.15, 0.2) is 58.5 Å². The smallest absolute Gasteiger partial charge is 0.255 e. The second kappa shape index (κ2) is 7.59. The molecule has 0 fully saturated rings. The summed E-state index contributed by atoms with van der Waals surface area (Å²) in [5.74, 6) is -1.12. The van der Waals surface area contributed by atoms with Crippen LogP contribution in [0.3, 0.4) is 0 Å². The number of hydrogen-bond acceptors (Lipinski definition) is 5. The Kier molecular flexibility index (Phi) is 5.40. The number of nitrogens with zero attached hydrogens (tertiary/aromatic N) is 3. The minimum atomic E-state index is -3.90. The van der Waals surface area contributed by atoms with Crippen molar-refractivity contribution in [3.63, 3.8) is 0 Å². The van der Waals surface area contributed by atoms with Gasteiger partial charge in [-0.3, -0.25) is 4.79 Å². The lowest BCUT2D eigenvalue weighted by molar-refractivity contribution is -0.121. The van der Waals surface area contributed by atoms with Crippen LogP contribution in [0.4, 0.5) is 4.39 Å². The zero-order valence-corrected chi connectivity index (χ0v) is 16.2. The van der Waals surface area contributed by atoms with Crippen molar-refractivity contribution in [2.45, 2.75) is 4.90 Å². The van der Waals surface area contributed by atoms with E-state index in [9.17, 15) is 17.6 Å². The Balaban J connectivity index is 1.73. The van der Waals surface area contributed by atoms with Crippen LogP contribution < -0.4 is 10.2 Å². The van der Waals surface area contributed by atoms with Gasteiger partial charge in [-0.25, -0.2) is 18.2 Å². The Labute approximate surface area is 159 Å². The highest BCUT2D eigenvalue weighted by molar-refractivity contribution is 7.89. The fourth-order valence-electron chi connectivity index (χ4n) is 2.41. The van der Waals surface area contributed by atoms with E-state index in [1.165, 1.54) is 18.4 Å². The summed E-state index contributed by atoms with van der Waals surface area (Å²) in [5, 5.41) is 4.07. The number of carbonyl (C=O) groups is 1. The van der Waals surface area contributed by atoms with Crippen molar-refractivity contribution in [3.05, 3.63) is 59.1 Å². The van der Waals surface area contributed by atoms with Gasteiger partial charge in [0.15, 0.2) is 0 Å². The molecule has 0 aliphatic heterocycles. The first kappa shape index (κ1) is 19.2. The summed E-state index contributed by atoms with van der Waals surface area (Å²) in [7, 11) is -0.797. The number of aromatic nitrogens is 1.